The zero-order valence-electron chi connectivity index (χ0n) is 10.0. The third kappa shape index (κ3) is 1.74. The zero-order valence-corrected chi connectivity index (χ0v) is 10.0. The van der Waals surface area contributed by atoms with Gasteiger partial charge in [0.1, 0.15) is 0 Å². The summed E-state index contributed by atoms with van der Waals surface area (Å²) in [5.74, 6) is 0. The molecule has 0 atom stereocenters. The van der Waals surface area contributed by atoms with Crippen LogP contribution in [0.2, 0.25) is 0 Å². The molecule has 0 saturated heterocycles. The maximum absolute atomic E-state index is 10.6. The van der Waals surface area contributed by atoms with Crippen molar-refractivity contribution >= 4 is 0 Å². The van der Waals surface area contributed by atoms with Crippen molar-refractivity contribution in [1.82, 2.24) is 0 Å². The zero-order chi connectivity index (χ0) is 11.6. The van der Waals surface area contributed by atoms with Gasteiger partial charge in [0.2, 0.25) is 0 Å². The lowest BCUT2D eigenvalue weighted by Crippen LogP contribution is -2.59. The Bertz CT molecular complexity index is 281. The maximum Gasteiger partial charge on any atom is 0.0882 e. The van der Waals surface area contributed by atoms with E-state index >= 15 is 0 Å². The minimum Gasteiger partial charge on any atom is -0.388 e. The summed E-state index contributed by atoms with van der Waals surface area (Å²) in [7, 11) is 1.68. The van der Waals surface area contributed by atoms with E-state index in [4.69, 9.17) is 4.74 Å². The highest BCUT2D eigenvalue weighted by atomic mass is 16.5. The molecule has 0 bridgehead atoms. The standard InChI is InChI=1S/C13H21NO2/c1-16-11-8-13(15,9-11)12(10-14)6-4-2-3-5-7-12/h11,15H,2-9H2,1H3. The molecule has 1 N–H and O–H groups in total. The first kappa shape index (κ1) is 11.9. The Balaban J connectivity index is 2.12. The Morgan fingerprint density at radius 3 is 2.19 bits per heavy atom. The molecule has 2 aliphatic carbocycles. The van der Waals surface area contributed by atoms with E-state index in [9.17, 15) is 10.4 Å². The Morgan fingerprint density at radius 2 is 1.75 bits per heavy atom. The van der Waals surface area contributed by atoms with Crippen LogP contribution in [0.1, 0.15) is 51.4 Å². The molecule has 90 valence electrons. The van der Waals surface area contributed by atoms with E-state index in [1.165, 1.54) is 12.8 Å². The molecule has 0 spiro atoms. The second-order valence-corrected chi connectivity index (χ2v) is 5.41. The number of ether oxygens (including phenoxy) is 1. The first-order valence-corrected chi connectivity index (χ1v) is 6.32. The molecule has 2 rings (SSSR count). The summed E-state index contributed by atoms with van der Waals surface area (Å²) in [6.45, 7) is 0. The van der Waals surface area contributed by atoms with Gasteiger partial charge in [-0.25, -0.2) is 0 Å². The second-order valence-electron chi connectivity index (χ2n) is 5.41. The fraction of sp³-hybridized carbons (Fsp3) is 0.923. The van der Waals surface area contributed by atoms with E-state index in [0.717, 1.165) is 25.7 Å². The minimum absolute atomic E-state index is 0.151. The van der Waals surface area contributed by atoms with Crippen molar-refractivity contribution < 1.29 is 9.84 Å². The van der Waals surface area contributed by atoms with Crippen molar-refractivity contribution in [3.63, 3.8) is 0 Å². The Morgan fingerprint density at radius 1 is 1.19 bits per heavy atom. The highest BCUT2D eigenvalue weighted by Gasteiger charge is 2.57. The molecule has 2 fully saturated rings. The van der Waals surface area contributed by atoms with Crippen molar-refractivity contribution in [3.8, 4) is 6.07 Å². The maximum atomic E-state index is 10.6. The lowest BCUT2D eigenvalue weighted by molar-refractivity contribution is -0.183. The van der Waals surface area contributed by atoms with Crippen molar-refractivity contribution in [2.75, 3.05) is 7.11 Å². The number of aliphatic hydroxyl groups is 1. The summed E-state index contributed by atoms with van der Waals surface area (Å²) >= 11 is 0. The van der Waals surface area contributed by atoms with Crippen LogP contribution in [-0.2, 0) is 4.74 Å². The summed E-state index contributed by atoms with van der Waals surface area (Å²) in [6, 6.07) is 2.44. The van der Waals surface area contributed by atoms with Crippen LogP contribution in [-0.4, -0.2) is 23.9 Å². The summed E-state index contributed by atoms with van der Waals surface area (Å²) in [5.41, 5.74) is -1.29. The van der Waals surface area contributed by atoms with Gasteiger partial charge >= 0.3 is 0 Å². The molecule has 0 aliphatic heterocycles. The molecule has 0 aromatic rings. The molecule has 16 heavy (non-hydrogen) atoms. The van der Waals surface area contributed by atoms with Crippen LogP contribution in [0.15, 0.2) is 0 Å². The molecular weight excluding hydrogens is 202 g/mol. The lowest BCUT2D eigenvalue weighted by Gasteiger charge is -2.52. The first-order chi connectivity index (χ1) is 7.66. The molecule has 0 aromatic heterocycles. The number of rotatable bonds is 2. The molecule has 0 amide bonds. The van der Waals surface area contributed by atoms with Gasteiger partial charge in [0.25, 0.3) is 0 Å². The van der Waals surface area contributed by atoms with Crippen LogP contribution in [0.3, 0.4) is 0 Å². The van der Waals surface area contributed by atoms with Gasteiger partial charge in [-0.05, 0) is 12.8 Å². The predicted molar refractivity (Wildman–Crippen MR) is 60.7 cm³/mol. The minimum atomic E-state index is -0.785. The van der Waals surface area contributed by atoms with Crippen molar-refractivity contribution in [1.29, 1.82) is 5.26 Å². The summed E-state index contributed by atoms with van der Waals surface area (Å²) in [5, 5.41) is 20.1. The number of nitriles is 1. The van der Waals surface area contributed by atoms with Gasteiger partial charge in [0, 0.05) is 20.0 Å². The SMILES string of the molecule is COC1CC(O)(C2(C#N)CCCCCC2)C1. The molecule has 0 aromatic carbocycles. The molecular formula is C13H21NO2. The topological polar surface area (TPSA) is 53.2 Å². The number of hydrogen-bond acceptors (Lipinski definition) is 3. The average Bonchev–Trinajstić information content (AvgIpc) is 2.50. The van der Waals surface area contributed by atoms with E-state index in [-0.39, 0.29) is 6.10 Å². The predicted octanol–water partition coefficient (Wildman–Crippen LogP) is 2.39. The van der Waals surface area contributed by atoms with E-state index in [0.29, 0.717) is 12.8 Å². The highest BCUT2D eigenvalue weighted by molar-refractivity contribution is 5.17. The third-order valence-electron chi connectivity index (χ3n) is 4.53. The number of hydrogen-bond donors (Lipinski definition) is 1. The van der Waals surface area contributed by atoms with Crippen LogP contribution < -0.4 is 0 Å². The summed E-state index contributed by atoms with van der Waals surface area (Å²) in [6.07, 6.45) is 7.70. The van der Waals surface area contributed by atoms with Gasteiger partial charge in [0.05, 0.1) is 23.2 Å². The van der Waals surface area contributed by atoms with Crippen molar-refractivity contribution in [2.45, 2.75) is 63.1 Å². The van der Waals surface area contributed by atoms with E-state index in [1.807, 2.05) is 0 Å². The summed E-state index contributed by atoms with van der Waals surface area (Å²) < 4.78 is 5.22. The first-order valence-electron chi connectivity index (χ1n) is 6.32. The van der Waals surface area contributed by atoms with E-state index in [1.54, 1.807) is 7.11 Å². The van der Waals surface area contributed by atoms with Crippen molar-refractivity contribution in [2.24, 2.45) is 5.41 Å². The average molecular weight is 223 g/mol. The van der Waals surface area contributed by atoms with Crippen LogP contribution in [0.4, 0.5) is 0 Å². The Labute approximate surface area is 97.4 Å². The number of methoxy groups -OCH3 is 1. The Kier molecular flexibility index (Phi) is 3.23. The van der Waals surface area contributed by atoms with E-state index in [2.05, 4.69) is 6.07 Å². The highest BCUT2D eigenvalue weighted by Crippen LogP contribution is 2.53. The van der Waals surface area contributed by atoms with Gasteiger partial charge in [0.15, 0.2) is 0 Å². The van der Waals surface area contributed by atoms with Gasteiger partial charge < -0.3 is 9.84 Å². The quantitative estimate of drug-likeness (QED) is 0.731. The molecule has 0 radical (unpaired) electrons. The monoisotopic (exact) mass is 223 g/mol. The normalized spacial score (nSPS) is 38.2. The third-order valence-corrected chi connectivity index (χ3v) is 4.53. The Hall–Kier alpha value is -0.590. The molecule has 3 nitrogen and oxygen atoms in total. The fourth-order valence-corrected chi connectivity index (χ4v) is 3.26. The molecule has 2 saturated carbocycles. The smallest absolute Gasteiger partial charge is 0.0882 e. The van der Waals surface area contributed by atoms with Gasteiger partial charge in [-0.2, -0.15) is 5.26 Å². The fourth-order valence-electron chi connectivity index (χ4n) is 3.26. The van der Waals surface area contributed by atoms with Gasteiger partial charge in [-0.1, -0.05) is 25.7 Å². The number of nitrogens with zero attached hydrogens (tertiary/aromatic N) is 1. The lowest BCUT2D eigenvalue weighted by atomic mass is 9.57. The van der Waals surface area contributed by atoms with Crippen LogP contribution in [0, 0.1) is 16.7 Å². The van der Waals surface area contributed by atoms with E-state index < -0.39 is 11.0 Å². The van der Waals surface area contributed by atoms with Crippen LogP contribution >= 0.6 is 0 Å². The second kappa shape index (κ2) is 4.35. The van der Waals surface area contributed by atoms with Crippen LogP contribution in [0.5, 0.6) is 0 Å². The van der Waals surface area contributed by atoms with Crippen molar-refractivity contribution in [3.05, 3.63) is 0 Å². The van der Waals surface area contributed by atoms with Crippen LogP contribution in [0.25, 0.3) is 0 Å². The molecule has 3 heteroatoms. The summed E-state index contributed by atoms with van der Waals surface area (Å²) in [4.78, 5) is 0. The molecule has 2 aliphatic rings. The molecule has 0 unspecified atom stereocenters. The van der Waals surface area contributed by atoms with Gasteiger partial charge in [-0.3, -0.25) is 0 Å². The largest absolute Gasteiger partial charge is 0.388 e. The van der Waals surface area contributed by atoms with Gasteiger partial charge in [-0.15, -0.1) is 0 Å². The molecule has 0 heterocycles.